The molecule has 0 atom stereocenters. The van der Waals surface area contributed by atoms with E-state index in [4.69, 9.17) is 4.55 Å². The highest BCUT2D eigenvalue weighted by Crippen LogP contribution is 2.09. The third-order valence-corrected chi connectivity index (χ3v) is 3.02. The molecular weight excluding hydrogens is 262 g/mol. The van der Waals surface area contributed by atoms with Gasteiger partial charge in [-0.3, -0.25) is 4.55 Å². The van der Waals surface area contributed by atoms with Crippen LogP contribution in [-0.4, -0.2) is 18.7 Å². The Balaban J connectivity index is 2.36. The van der Waals surface area contributed by atoms with Crippen LogP contribution in [0.2, 0.25) is 0 Å². The molecule has 0 amide bonds. The minimum absolute atomic E-state index is 0.286. The molecule has 0 radical (unpaired) electrons. The van der Waals surface area contributed by atoms with Crippen LogP contribution in [0.15, 0.2) is 30.4 Å². The summed E-state index contributed by atoms with van der Waals surface area (Å²) in [6.07, 6.45) is 4.59. The summed E-state index contributed by atoms with van der Waals surface area (Å²) in [7, 11) is -3.91. The summed E-state index contributed by atoms with van der Waals surface area (Å²) < 4.78 is 55.0. The van der Waals surface area contributed by atoms with Crippen LogP contribution in [0.25, 0.3) is 0 Å². The molecule has 0 saturated heterocycles. The third kappa shape index (κ3) is 6.46. The maximum atomic E-state index is 12.8. The van der Waals surface area contributed by atoms with E-state index >= 15 is 0 Å². The standard InChI is InChI=1S/C12H14F2O3S/c13-11-7-10(8-12(14)9-11)5-3-1-2-4-6-18(15,16)17/h1,3,7-9H,2,4-6H2,(H,15,16,17)/b3-1-. The van der Waals surface area contributed by atoms with Crippen molar-refractivity contribution in [2.24, 2.45) is 0 Å². The number of halogens is 2. The highest BCUT2D eigenvalue weighted by Gasteiger charge is 2.02. The van der Waals surface area contributed by atoms with E-state index in [9.17, 15) is 17.2 Å². The first-order chi connectivity index (χ1) is 8.37. The molecule has 0 saturated carbocycles. The molecule has 1 N–H and O–H groups in total. The summed E-state index contributed by atoms with van der Waals surface area (Å²) in [5, 5.41) is 0. The zero-order valence-electron chi connectivity index (χ0n) is 9.64. The van der Waals surface area contributed by atoms with Crippen LogP contribution in [0.5, 0.6) is 0 Å². The average molecular weight is 276 g/mol. The molecule has 1 aromatic carbocycles. The molecule has 1 aromatic rings. The van der Waals surface area contributed by atoms with Gasteiger partial charge in [-0.25, -0.2) is 8.78 Å². The number of hydrogen-bond acceptors (Lipinski definition) is 2. The van der Waals surface area contributed by atoms with Crippen molar-refractivity contribution in [2.75, 3.05) is 5.75 Å². The number of unbranched alkanes of at least 4 members (excludes halogenated alkanes) is 1. The SMILES string of the molecule is O=S(=O)(O)CCC/C=C\Cc1cc(F)cc(F)c1. The topological polar surface area (TPSA) is 54.4 Å². The minimum atomic E-state index is -3.91. The van der Waals surface area contributed by atoms with Gasteiger partial charge in [0.25, 0.3) is 10.1 Å². The van der Waals surface area contributed by atoms with E-state index in [0.29, 0.717) is 24.8 Å². The van der Waals surface area contributed by atoms with Crippen LogP contribution in [0.4, 0.5) is 8.78 Å². The van der Waals surface area contributed by atoms with Crippen molar-refractivity contribution in [2.45, 2.75) is 19.3 Å². The van der Waals surface area contributed by atoms with Gasteiger partial charge in [0.1, 0.15) is 11.6 Å². The Morgan fingerprint density at radius 3 is 2.28 bits per heavy atom. The molecule has 3 nitrogen and oxygen atoms in total. The molecule has 100 valence electrons. The maximum Gasteiger partial charge on any atom is 0.264 e. The van der Waals surface area contributed by atoms with E-state index in [2.05, 4.69) is 0 Å². The van der Waals surface area contributed by atoms with E-state index in [-0.39, 0.29) is 5.75 Å². The molecule has 6 heteroatoms. The lowest BCUT2D eigenvalue weighted by atomic mass is 10.1. The zero-order chi connectivity index (χ0) is 13.6. The average Bonchev–Trinajstić information content (AvgIpc) is 2.20. The van der Waals surface area contributed by atoms with Gasteiger partial charge in [0, 0.05) is 6.07 Å². The molecule has 1 rings (SSSR count). The Bertz CT molecular complexity index is 504. The first-order valence-electron chi connectivity index (χ1n) is 5.42. The Morgan fingerprint density at radius 1 is 1.11 bits per heavy atom. The fourth-order valence-electron chi connectivity index (χ4n) is 1.45. The van der Waals surface area contributed by atoms with Gasteiger partial charge in [-0.15, -0.1) is 0 Å². The van der Waals surface area contributed by atoms with Crippen molar-refractivity contribution in [3.05, 3.63) is 47.5 Å². The smallest absolute Gasteiger partial charge is 0.264 e. The monoisotopic (exact) mass is 276 g/mol. The van der Waals surface area contributed by atoms with Crippen LogP contribution in [0.1, 0.15) is 18.4 Å². The highest BCUT2D eigenvalue weighted by molar-refractivity contribution is 7.85. The summed E-state index contributed by atoms with van der Waals surface area (Å²) in [4.78, 5) is 0. The molecule has 0 aliphatic rings. The van der Waals surface area contributed by atoms with Gasteiger partial charge in [0.2, 0.25) is 0 Å². The third-order valence-electron chi connectivity index (χ3n) is 2.22. The second kappa shape index (κ2) is 6.61. The van der Waals surface area contributed by atoms with Crippen molar-refractivity contribution in [1.82, 2.24) is 0 Å². The van der Waals surface area contributed by atoms with E-state index in [0.717, 1.165) is 6.07 Å². The van der Waals surface area contributed by atoms with Crippen LogP contribution in [0.3, 0.4) is 0 Å². The highest BCUT2D eigenvalue weighted by atomic mass is 32.2. The summed E-state index contributed by atoms with van der Waals surface area (Å²) in [5.41, 5.74) is 0.513. The van der Waals surface area contributed by atoms with Gasteiger partial charge in [0.05, 0.1) is 5.75 Å². The molecule has 0 spiro atoms. The summed E-state index contributed by atoms with van der Waals surface area (Å²) in [6, 6.07) is 3.29. The largest absolute Gasteiger partial charge is 0.286 e. The van der Waals surface area contributed by atoms with E-state index in [1.54, 1.807) is 12.2 Å². The zero-order valence-corrected chi connectivity index (χ0v) is 10.5. The fraction of sp³-hybridized carbons (Fsp3) is 0.333. The molecule has 0 bridgehead atoms. The van der Waals surface area contributed by atoms with Crippen LogP contribution in [0, 0.1) is 11.6 Å². The maximum absolute atomic E-state index is 12.8. The molecule has 0 heterocycles. The molecular formula is C12H14F2O3S. The Kier molecular flexibility index (Phi) is 5.43. The molecule has 0 unspecified atom stereocenters. The quantitative estimate of drug-likeness (QED) is 0.494. The second-order valence-corrected chi connectivity index (χ2v) is 5.45. The van der Waals surface area contributed by atoms with Crippen molar-refractivity contribution < 1.29 is 21.8 Å². The molecule has 0 aromatic heterocycles. The van der Waals surface area contributed by atoms with E-state index < -0.39 is 21.8 Å². The first-order valence-corrected chi connectivity index (χ1v) is 7.03. The normalized spacial score (nSPS) is 12.2. The summed E-state index contributed by atoms with van der Waals surface area (Å²) in [5.74, 6) is -1.53. The van der Waals surface area contributed by atoms with Gasteiger partial charge in [-0.2, -0.15) is 8.42 Å². The van der Waals surface area contributed by atoms with Crippen molar-refractivity contribution in [3.63, 3.8) is 0 Å². The lowest BCUT2D eigenvalue weighted by molar-refractivity contribution is 0.481. The lowest BCUT2D eigenvalue weighted by Gasteiger charge is -1.98. The predicted octanol–water partition coefficient (Wildman–Crippen LogP) is 2.73. The van der Waals surface area contributed by atoms with Crippen LogP contribution in [-0.2, 0) is 16.5 Å². The molecule has 0 fully saturated rings. The Labute approximate surface area is 105 Å². The Morgan fingerprint density at radius 2 is 1.72 bits per heavy atom. The summed E-state index contributed by atoms with van der Waals surface area (Å²) >= 11 is 0. The van der Waals surface area contributed by atoms with Gasteiger partial charge in [-0.05, 0) is 37.0 Å². The van der Waals surface area contributed by atoms with Gasteiger partial charge < -0.3 is 0 Å². The Hall–Kier alpha value is -1.27. The number of hydrogen-bond donors (Lipinski definition) is 1. The van der Waals surface area contributed by atoms with E-state index in [1.165, 1.54) is 12.1 Å². The van der Waals surface area contributed by atoms with E-state index in [1.807, 2.05) is 0 Å². The predicted molar refractivity (Wildman–Crippen MR) is 64.9 cm³/mol. The summed E-state index contributed by atoms with van der Waals surface area (Å²) in [6.45, 7) is 0. The number of rotatable bonds is 6. The van der Waals surface area contributed by atoms with Crippen molar-refractivity contribution in [1.29, 1.82) is 0 Å². The van der Waals surface area contributed by atoms with Crippen molar-refractivity contribution >= 4 is 10.1 Å². The van der Waals surface area contributed by atoms with Crippen LogP contribution < -0.4 is 0 Å². The first kappa shape index (κ1) is 14.8. The fourth-order valence-corrected chi connectivity index (χ4v) is 1.98. The molecule has 0 aliphatic carbocycles. The van der Waals surface area contributed by atoms with Gasteiger partial charge in [0.15, 0.2) is 0 Å². The second-order valence-electron chi connectivity index (χ2n) is 3.88. The van der Waals surface area contributed by atoms with Crippen LogP contribution >= 0.6 is 0 Å². The molecule has 18 heavy (non-hydrogen) atoms. The number of allylic oxidation sites excluding steroid dienone is 2. The number of benzene rings is 1. The van der Waals surface area contributed by atoms with Gasteiger partial charge >= 0.3 is 0 Å². The lowest BCUT2D eigenvalue weighted by Crippen LogP contribution is -2.02. The van der Waals surface area contributed by atoms with Gasteiger partial charge in [-0.1, -0.05) is 12.2 Å². The molecule has 0 aliphatic heterocycles. The minimum Gasteiger partial charge on any atom is -0.286 e. The van der Waals surface area contributed by atoms with Crippen molar-refractivity contribution in [3.8, 4) is 0 Å².